The van der Waals surface area contributed by atoms with Crippen molar-refractivity contribution in [1.29, 1.82) is 0 Å². The van der Waals surface area contributed by atoms with E-state index in [0.29, 0.717) is 12.5 Å². The normalized spacial score (nSPS) is 38.9. The molecule has 0 unspecified atom stereocenters. The van der Waals surface area contributed by atoms with Crippen LogP contribution in [0.2, 0.25) is 0 Å². The number of allylic oxidation sites excluding steroid dienone is 1. The van der Waals surface area contributed by atoms with Gasteiger partial charge in [-0.2, -0.15) is 0 Å². The second-order valence-electron chi connectivity index (χ2n) is 8.15. The minimum atomic E-state index is -0.699. The monoisotopic (exact) mass is 332 g/mol. The van der Waals surface area contributed by atoms with Crippen molar-refractivity contribution < 1.29 is 19.4 Å². The largest absolute Gasteiger partial charge is 0.481 e. The molecule has 0 amide bonds. The molecule has 4 atom stereocenters. The lowest BCUT2D eigenvalue weighted by Gasteiger charge is -2.57. The molecule has 2 aliphatic carbocycles. The SMILES string of the molecule is CC1=CCC[C@H]2[C@@]1(C(=O)O)CC[C@@H](C)[C@]2(C)CCC1=CC(=O)OC1. The molecule has 1 fully saturated rings. The van der Waals surface area contributed by atoms with Crippen LogP contribution >= 0.6 is 0 Å². The van der Waals surface area contributed by atoms with Gasteiger partial charge in [0, 0.05) is 6.08 Å². The minimum absolute atomic E-state index is 0.0291. The average Bonchev–Trinajstić information content (AvgIpc) is 2.95. The second kappa shape index (κ2) is 6.05. The Morgan fingerprint density at radius 3 is 2.79 bits per heavy atom. The third kappa shape index (κ3) is 2.51. The number of fused-ring (bicyclic) bond motifs is 1. The van der Waals surface area contributed by atoms with Crippen molar-refractivity contribution in [2.24, 2.45) is 22.7 Å². The highest BCUT2D eigenvalue weighted by molar-refractivity contribution is 5.85. The third-order valence-electron chi connectivity index (χ3n) is 7.19. The number of carboxylic acids is 1. The number of aliphatic carboxylic acids is 1. The van der Waals surface area contributed by atoms with E-state index < -0.39 is 11.4 Å². The molecule has 1 aliphatic heterocycles. The molecule has 1 saturated carbocycles. The summed E-state index contributed by atoms with van der Waals surface area (Å²) in [6, 6.07) is 0. The lowest BCUT2D eigenvalue weighted by molar-refractivity contribution is -0.162. The Bertz CT molecular complexity index is 617. The maximum Gasteiger partial charge on any atom is 0.331 e. The summed E-state index contributed by atoms with van der Waals surface area (Å²) < 4.78 is 5.01. The molecule has 0 aromatic carbocycles. The zero-order chi connectivity index (χ0) is 17.5. The van der Waals surface area contributed by atoms with Crippen LogP contribution in [0.1, 0.15) is 59.3 Å². The summed E-state index contributed by atoms with van der Waals surface area (Å²) in [4.78, 5) is 23.6. The Morgan fingerprint density at radius 2 is 2.17 bits per heavy atom. The van der Waals surface area contributed by atoms with Crippen LogP contribution < -0.4 is 0 Å². The average molecular weight is 332 g/mol. The van der Waals surface area contributed by atoms with Crippen molar-refractivity contribution in [3.05, 3.63) is 23.3 Å². The van der Waals surface area contributed by atoms with Crippen molar-refractivity contribution in [1.82, 2.24) is 0 Å². The lowest BCUT2D eigenvalue weighted by atomic mass is 9.46. The molecule has 1 N–H and O–H groups in total. The summed E-state index contributed by atoms with van der Waals surface area (Å²) in [7, 11) is 0. The molecule has 0 bridgehead atoms. The van der Waals surface area contributed by atoms with Gasteiger partial charge in [0.15, 0.2) is 0 Å². The zero-order valence-electron chi connectivity index (χ0n) is 14.9. The van der Waals surface area contributed by atoms with E-state index in [4.69, 9.17) is 4.74 Å². The number of carboxylic acid groups (broad SMARTS) is 1. The Balaban J connectivity index is 1.90. The molecule has 3 rings (SSSR count). The quantitative estimate of drug-likeness (QED) is 0.621. The van der Waals surface area contributed by atoms with Crippen LogP contribution in [0.25, 0.3) is 0 Å². The summed E-state index contributed by atoms with van der Waals surface area (Å²) in [5.74, 6) is -0.254. The van der Waals surface area contributed by atoms with E-state index in [2.05, 4.69) is 19.9 Å². The molecule has 132 valence electrons. The Morgan fingerprint density at radius 1 is 1.42 bits per heavy atom. The van der Waals surface area contributed by atoms with E-state index in [0.717, 1.165) is 49.7 Å². The highest BCUT2D eigenvalue weighted by atomic mass is 16.5. The minimum Gasteiger partial charge on any atom is -0.481 e. The highest BCUT2D eigenvalue weighted by Crippen LogP contribution is 2.62. The molecule has 4 nitrogen and oxygen atoms in total. The molecule has 3 aliphatic rings. The van der Waals surface area contributed by atoms with Gasteiger partial charge < -0.3 is 9.84 Å². The molecule has 0 aromatic rings. The Kier molecular flexibility index (Phi) is 4.35. The fourth-order valence-electron chi connectivity index (χ4n) is 5.38. The fraction of sp³-hybridized carbons (Fsp3) is 0.700. The first-order valence-corrected chi connectivity index (χ1v) is 9.07. The second-order valence-corrected chi connectivity index (χ2v) is 8.15. The number of hydrogen-bond donors (Lipinski definition) is 1. The topological polar surface area (TPSA) is 63.6 Å². The summed E-state index contributed by atoms with van der Waals surface area (Å²) in [5.41, 5.74) is 1.36. The number of cyclic esters (lactones) is 1. The first kappa shape index (κ1) is 17.2. The molecule has 1 heterocycles. The van der Waals surface area contributed by atoms with E-state index in [1.54, 1.807) is 6.08 Å². The van der Waals surface area contributed by atoms with Crippen molar-refractivity contribution in [3.63, 3.8) is 0 Å². The van der Waals surface area contributed by atoms with Crippen molar-refractivity contribution in [2.75, 3.05) is 6.61 Å². The van der Waals surface area contributed by atoms with E-state index in [1.165, 1.54) is 0 Å². The fourth-order valence-corrected chi connectivity index (χ4v) is 5.38. The number of esters is 1. The number of hydrogen-bond acceptors (Lipinski definition) is 3. The summed E-state index contributed by atoms with van der Waals surface area (Å²) in [6.45, 7) is 6.94. The van der Waals surface area contributed by atoms with E-state index in [9.17, 15) is 14.7 Å². The molecule has 24 heavy (non-hydrogen) atoms. The van der Waals surface area contributed by atoms with Gasteiger partial charge in [0.2, 0.25) is 0 Å². The van der Waals surface area contributed by atoms with E-state index in [1.807, 2.05) is 6.92 Å². The molecule has 4 heteroatoms. The van der Waals surface area contributed by atoms with Crippen LogP contribution in [0.3, 0.4) is 0 Å². The molecular formula is C20H28O4. The number of carbonyl (C=O) groups is 2. The number of ether oxygens (including phenoxy) is 1. The predicted molar refractivity (Wildman–Crippen MR) is 91.3 cm³/mol. The zero-order valence-corrected chi connectivity index (χ0v) is 14.9. The van der Waals surface area contributed by atoms with Gasteiger partial charge in [0.05, 0.1) is 5.41 Å². The summed E-state index contributed by atoms with van der Waals surface area (Å²) in [6.07, 6.45) is 9.08. The smallest absolute Gasteiger partial charge is 0.331 e. The summed E-state index contributed by atoms with van der Waals surface area (Å²) in [5, 5.41) is 10.1. The lowest BCUT2D eigenvalue weighted by Crippen LogP contribution is -2.54. The van der Waals surface area contributed by atoms with Crippen molar-refractivity contribution >= 4 is 11.9 Å². The van der Waals surface area contributed by atoms with Crippen LogP contribution in [-0.4, -0.2) is 23.7 Å². The number of carbonyl (C=O) groups excluding carboxylic acids is 1. The van der Waals surface area contributed by atoms with Crippen LogP contribution in [0.15, 0.2) is 23.3 Å². The van der Waals surface area contributed by atoms with Gasteiger partial charge in [-0.1, -0.05) is 25.5 Å². The van der Waals surface area contributed by atoms with Gasteiger partial charge in [-0.05, 0) is 68.3 Å². The first-order valence-electron chi connectivity index (χ1n) is 9.07. The molecular weight excluding hydrogens is 304 g/mol. The standard InChI is InChI=1S/C20H28O4/c1-13-7-10-20(18(22)23)14(2)5-4-6-16(20)19(13,3)9-8-15-11-17(21)24-12-15/h5,11,13,16H,4,6-10,12H2,1-3H3,(H,22,23)/t13-,16-,19+,20-/m1/s1. The first-order chi connectivity index (χ1) is 11.3. The van der Waals surface area contributed by atoms with Gasteiger partial charge in [-0.25, -0.2) is 4.79 Å². The van der Waals surface area contributed by atoms with Crippen molar-refractivity contribution in [2.45, 2.75) is 59.3 Å². The maximum absolute atomic E-state index is 12.3. The van der Waals surface area contributed by atoms with Gasteiger partial charge in [0.25, 0.3) is 0 Å². The molecule has 0 saturated heterocycles. The van der Waals surface area contributed by atoms with E-state index >= 15 is 0 Å². The Labute approximate surface area is 144 Å². The van der Waals surface area contributed by atoms with Gasteiger partial charge in [-0.15, -0.1) is 0 Å². The van der Waals surface area contributed by atoms with Crippen molar-refractivity contribution in [3.8, 4) is 0 Å². The van der Waals surface area contributed by atoms with Crippen LogP contribution in [0, 0.1) is 22.7 Å². The molecule has 0 aromatic heterocycles. The van der Waals surface area contributed by atoms with Gasteiger partial charge in [-0.3, -0.25) is 4.79 Å². The predicted octanol–water partition coefficient (Wildman–Crippen LogP) is 4.11. The maximum atomic E-state index is 12.3. The van der Waals surface area contributed by atoms with Crippen LogP contribution in [0.5, 0.6) is 0 Å². The summed E-state index contributed by atoms with van der Waals surface area (Å²) >= 11 is 0. The third-order valence-corrected chi connectivity index (χ3v) is 7.19. The Hall–Kier alpha value is -1.58. The van der Waals surface area contributed by atoms with Crippen LogP contribution in [-0.2, 0) is 14.3 Å². The number of rotatable bonds is 4. The molecule has 0 spiro atoms. The van der Waals surface area contributed by atoms with E-state index in [-0.39, 0.29) is 17.3 Å². The molecule has 0 radical (unpaired) electrons. The van der Waals surface area contributed by atoms with Crippen LogP contribution in [0.4, 0.5) is 0 Å². The van der Waals surface area contributed by atoms with Gasteiger partial charge in [0.1, 0.15) is 6.61 Å². The highest BCUT2D eigenvalue weighted by Gasteiger charge is 2.59. The van der Waals surface area contributed by atoms with Gasteiger partial charge >= 0.3 is 11.9 Å².